The highest BCUT2D eigenvalue weighted by molar-refractivity contribution is 9.09. The molecule has 0 spiro atoms. The Morgan fingerprint density at radius 3 is 2.56 bits per heavy atom. The molecule has 1 aromatic rings. The molecule has 1 nitrogen and oxygen atoms in total. The van der Waals surface area contributed by atoms with Crippen LogP contribution in [0.25, 0.3) is 0 Å². The molecule has 18 heavy (non-hydrogen) atoms. The molecule has 0 N–H and O–H groups in total. The van der Waals surface area contributed by atoms with Crippen LogP contribution in [0.2, 0.25) is 0 Å². The lowest BCUT2D eigenvalue weighted by Crippen LogP contribution is -2.00. The number of ether oxygens (including phenoxy) is 1. The molecule has 0 bridgehead atoms. The SMILES string of the molecule is CCCCOc1ccccc1CCCCCCBr. The van der Waals surface area contributed by atoms with Crippen molar-refractivity contribution >= 4 is 15.9 Å². The average molecular weight is 313 g/mol. The van der Waals surface area contributed by atoms with Crippen LogP contribution >= 0.6 is 15.9 Å². The van der Waals surface area contributed by atoms with Crippen LogP contribution in [0.3, 0.4) is 0 Å². The molecule has 2 heteroatoms. The van der Waals surface area contributed by atoms with Crippen LogP contribution in [0.1, 0.15) is 51.0 Å². The van der Waals surface area contributed by atoms with Crippen molar-refractivity contribution in [3.8, 4) is 5.75 Å². The summed E-state index contributed by atoms with van der Waals surface area (Å²) in [6.07, 6.45) is 8.66. The molecule has 0 aliphatic carbocycles. The van der Waals surface area contributed by atoms with Crippen LogP contribution in [0, 0.1) is 0 Å². The second-order valence-electron chi connectivity index (χ2n) is 4.66. The first-order valence-corrected chi connectivity index (χ1v) is 8.27. The third-order valence-corrected chi connectivity index (χ3v) is 3.62. The van der Waals surface area contributed by atoms with E-state index in [-0.39, 0.29) is 0 Å². The number of hydrogen-bond donors (Lipinski definition) is 0. The van der Waals surface area contributed by atoms with Gasteiger partial charge < -0.3 is 4.74 Å². The zero-order chi connectivity index (χ0) is 13.1. The lowest BCUT2D eigenvalue weighted by Gasteiger charge is -2.11. The molecule has 0 amide bonds. The maximum Gasteiger partial charge on any atom is 0.122 e. The molecule has 0 atom stereocenters. The normalized spacial score (nSPS) is 10.6. The van der Waals surface area contributed by atoms with Gasteiger partial charge in [0, 0.05) is 5.33 Å². The number of para-hydroxylation sites is 1. The zero-order valence-electron chi connectivity index (χ0n) is 11.5. The van der Waals surface area contributed by atoms with E-state index in [0.29, 0.717) is 0 Å². The van der Waals surface area contributed by atoms with Crippen LogP contribution < -0.4 is 4.74 Å². The quantitative estimate of drug-likeness (QED) is 0.417. The molecule has 0 saturated heterocycles. The maximum atomic E-state index is 5.85. The second-order valence-corrected chi connectivity index (χ2v) is 5.46. The first kappa shape index (κ1) is 15.6. The van der Waals surface area contributed by atoms with E-state index in [4.69, 9.17) is 4.74 Å². The number of unbranched alkanes of at least 4 members (excludes halogenated alkanes) is 4. The van der Waals surface area contributed by atoms with Crippen LogP contribution in [0.4, 0.5) is 0 Å². The lowest BCUT2D eigenvalue weighted by molar-refractivity contribution is 0.306. The number of rotatable bonds is 10. The second kappa shape index (κ2) is 10.4. The number of hydrogen-bond acceptors (Lipinski definition) is 1. The van der Waals surface area contributed by atoms with Gasteiger partial charge in [0.1, 0.15) is 5.75 Å². The Kier molecular flexibility index (Phi) is 9.01. The number of benzene rings is 1. The highest BCUT2D eigenvalue weighted by Gasteiger charge is 2.02. The van der Waals surface area contributed by atoms with Gasteiger partial charge in [-0.25, -0.2) is 0 Å². The summed E-state index contributed by atoms with van der Waals surface area (Å²) in [6, 6.07) is 8.48. The zero-order valence-corrected chi connectivity index (χ0v) is 13.0. The Morgan fingerprint density at radius 2 is 1.78 bits per heavy atom. The average Bonchev–Trinajstić information content (AvgIpc) is 2.40. The van der Waals surface area contributed by atoms with Gasteiger partial charge in [-0.15, -0.1) is 0 Å². The van der Waals surface area contributed by atoms with Crippen molar-refractivity contribution in [2.24, 2.45) is 0 Å². The Balaban J connectivity index is 2.33. The van der Waals surface area contributed by atoms with Gasteiger partial charge in [0.15, 0.2) is 0 Å². The van der Waals surface area contributed by atoms with Crippen LogP contribution in [-0.2, 0) is 6.42 Å². The molecule has 0 unspecified atom stereocenters. The summed E-state index contributed by atoms with van der Waals surface area (Å²) < 4.78 is 5.85. The summed E-state index contributed by atoms with van der Waals surface area (Å²) >= 11 is 3.47. The van der Waals surface area contributed by atoms with Crippen molar-refractivity contribution in [1.82, 2.24) is 0 Å². The van der Waals surface area contributed by atoms with E-state index in [0.717, 1.165) is 30.5 Å². The molecular weight excluding hydrogens is 288 g/mol. The van der Waals surface area contributed by atoms with Gasteiger partial charge in [-0.1, -0.05) is 60.3 Å². The summed E-state index contributed by atoms with van der Waals surface area (Å²) in [5, 5.41) is 1.13. The van der Waals surface area contributed by atoms with Gasteiger partial charge >= 0.3 is 0 Å². The molecule has 1 aromatic carbocycles. The lowest BCUT2D eigenvalue weighted by atomic mass is 10.1. The standard InChI is InChI=1S/C16H25BrO/c1-2-3-14-18-16-12-8-7-11-15(16)10-6-4-5-9-13-17/h7-8,11-12H,2-6,9-10,13-14H2,1H3. The van der Waals surface area contributed by atoms with Gasteiger partial charge in [-0.3, -0.25) is 0 Å². The molecule has 0 fully saturated rings. The predicted molar refractivity (Wildman–Crippen MR) is 82.8 cm³/mol. The van der Waals surface area contributed by atoms with Gasteiger partial charge in [0.05, 0.1) is 6.61 Å². The van der Waals surface area contributed by atoms with Crippen molar-refractivity contribution in [3.63, 3.8) is 0 Å². The fraction of sp³-hybridized carbons (Fsp3) is 0.625. The van der Waals surface area contributed by atoms with E-state index < -0.39 is 0 Å². The molecule has 0 saturated carbocycles. The van der Waals surface area contributed by atoms with Crippen molar-refractivity contribution in [2.75, 3.05) is 11.9 Å². The molecule has 0 aliphatic rings. The maximum absolute atomic E-state index is 5.85. The van der Waals surface area contributed by atoms with Crippen LogP contribution in [0.15, 0.2) is 24.3 Å². The molecule has 0 aromatic heterocycles. The summed E-state index contributed by atoms with van der Waals surface area (Å²) in [7, 11) is 0. The monoisotopic (exact) mass is 312 g/mol. The summed E-state index contributed by atoms with van der Waals surface area (Å²) in [6.45, 7) is 3.04. The Labute approximate surface area is 120 Å². The largest absolute Gasteiger partial charge is 0.493 e. The van der Waals surface area contributed by atoms with Crippen molar-refractivity contribution in [1.29, 1.82) is 0 Å². The minimum absolute atomic E-state index is 0.844. The Bertz CT molecular complexity index is 312. The third kappa shape index (κ3) is 6.44. The molecule has 0 heterocycles. The fourth-order valence-corrected chi connectivity index (χ4v) is 2.34. The molecule has 102 valence electrons. The van der Waals surface area contributed by atoms with E-state index in [2.05, 4.69) is 47.1 Å². The Hall–Kier alpha value is -0.500. The van der Waals surface area contributed by atoms with Crippen molar-refractivity contribution < 1.29 is 4.74 Å². The van der Waals surface area contributed by atoms with E-state index in [1.54, 1.807) is 0 Å². The van der Waals surface area contributed by atoms with Gasteiger partial charge in [0.2, 0.25) is 0 Å². The van der Waals surface area contributed by atoms with Crippen LogP contribution in [0.5, 0.6) is 5.75 Å². The number of halogens is 1. The predicted octanol–water partition coefficient (Wildman–Crippen LogP) is 5.36. The third-order valence-electron chi connectivity index (χ3n) is 3.06. The van der Waals surface area contributed by atoms with E-state index in [1.807, 2.05) is 0 Å². The summed E-state index contributed by atoms with van der Waals surface area (Å²) in [5.41, 5.74) is 1.37. The first-order chi connectivity index (χ1) is 8.88. The van der Waals surface area contributed by atoms with Gasteiger partial charge in [0.25, 0.3) is 0 Å². The highest BCUT2D eigenvalue weighted by Crippen LogP contribution is 2.21. The summed E-state index contributed by atoms with van der Waals surface area (Å²) in [4.78, 5) is 0. The molecule has 1 rings (SSSR count). The highest BCUT2D eigenvalue weighted by atomic mass is 79.9. The number of aryl methyl sites for hydroxylation is 1. The van der Waals surface area contributed by atoms with E-state index >= 15 is 0 Å². The minimum atomic E-state index is 0.844. The number of alkyl halides is 1. The van der Waals surface area contributed by atoms with Crippen molar-refractivity contribution in [3.05, 3.63) is 29.8 Å². The summed E-state index contributed by atoms with van der Waals surface area (Å²) in [5.74, 6) is 1.09. The topological polar surface area (TPSA) is 9.23 Å². The smallest absolute Gasteiger partial charge is 0.122 e. The minimum Gasteiger partial charge on any atom is -0.493 e. The molecule has 0 aliphatic heterocycles. The van der Waals surface area contributed by atoms with Crippen molar-refractivity contribution in [2.45, 2.75) is 51.9 Å². The van der Waals surface area contributed by atoms with Gasteiger partial charge in [-0.2, -0.15) is 0 Å². The van der Waals surface area contributed by atoms with Gasteiger partial charge in [-0.05, 0) is 37.3 Å². The first-order valence-electron chi connectivity index (χ1n) is 7.15. The Morgan fingerprint density at radius 1 is 1.00 bits per heavy atom. The molecular formula is C16H25BrO. The van der Waals surface area contributed by atoms with E-state index in [9.17, 15) is 0 Å². The molecule has 0 radical (unpaired) electrons. The fourth-order valence-electron chi connectivity index (χ4n) is 1.94. The van der Waals surface area contributed by atoms with E-state index in [1.165, 1.54) is 37.7 Å². The van der Waals surface area contributed by atoms with Crippen LogP contribution in [-0.4, -0.2) is 11.9 Å².